The fraction of sp³-hybridized carbons (Fsp3) is 0.333. The number of rotatable bonds is 7. The minimum Gasteiger partial charge on any atom is -0.497 e. The highest BCUT2D eigenvalue weighted by Gasteiger charge is 2.07. The first-order valence-electron chi connectivity index (χ1n) is 6.82. The summed E-state index contributed by atoms with van der Waals surface area (Å²) < 4.78 is 10.6. The van der Waals surface area contributed by atoms with E-state index in [9.17, 15) is 0 Å². The van der Waals surface area contributed by atoms with E-state index < -0.39 is 0 Å². The van der Waals surface area contributed by atoms with Gasteiger partial charge in [-0.25, -0.2) is 4.98 Å². The monoisotopic (exact) mass is 288 g/mol. The Hall–Kier alpha value is -2.50. The molecule has 112 valence electrons. The molecule has 0 atom stereocenters. The number of benzene rings is 1. The summed E-state index contributed by atoms with van der Waals surface area (Å²) in [7, 11) is 3.25. The SMILES string of the molecule is CCCNc1nccc(Nc2cc(OC)ccc2OC)n1. The summed E-state index contributed by atoms with van der Waals surface area (Å²) in [4.78, 5) is 8.58. The molecule has 1 aromatic carbocycles. The van der Waals surface area contributed by atoms with E-state index in [0.29, 0.717) is 11.8 Å². The molecule has 0 aliphatic rings. The molecule has 0 saturated heterocycles. The van der Waals surface area contributed by atoms with Crippen LogP contribution in [0.4, 0.5) is 17.5 Å². The van der Waals surface area contributed by atoms with E-state index in [-0.39, 0.29) is 0 Å². The van der Waals surface area contributed by atoms with Gasteiger partial charge in [-0.1, -0.05) is 6.92 Å². The molecule has 0 aliphatic carbocycles. The van der Waals surface area contributed by atoms with Crippen molar-refractivity contribution in [1.82, 2.24) is 9.97 Å². The number of nitrogens with one attached hydrogen (secondary N) is 2. The largest absolute Gasteiger partial charge is 0.497 e. The van der Waals surface area contributed by atoms with E-state index in [1.54, 1.807) is 26.5 Å². The predicted octanol–water partition coefficient (Wildman–Crippen LogP) is 3.06. The van der Waals surface area contributed by atoms with Gasteiger partial charge in [0.05, 0.1) is 19.9 Å². The summed E-state index contributed by atoms with van der Waals surface area (Å²) >= 11 is 0. The third-order valence-electron chi connectivity index (χ3n) is 2.86. The molecule has 0 radical (unpaired) electrons. The third kappa shape index (κ3) is 3.98. The van der Waals surface area contributed by atoms with Crippen molar-refractivity contribution in [2.75, 3.05) is 31.4 Å². The number of methoxy groups -OCH3 is 2. The maximum absolute atomic E-state index is 5.34. The predicted molar refractivity (Wildman–Crippen MR) is 83.6 cm³/mol. The molecule has 2 aromatic rings. The standard InChI is InChI=1S/C15H20N4O2/c1-4-8-16-15-17-9-7-14(19-15)18-12-10-11(20-2)5-6-13(12)21-3/h5-7,9-10H,4,8H2,1-3H3,(H2,16,17,18,19). The molecule has 2 N–H and O–H groups in total. The number of nitrogens with zero attached hydrogens (tertiary/aromatic N) is 2. The first kappa shape index (κ1) is 14.9. The van der Waals surface area contributed by atoms with Gasteiger partial charge in [-0.3, -0.25) is 0 Å². The lowest BCUT2D eigenvalue weighted by Crippen LogP contribution is -2.05. The fourth-order valence-corrected chi connectivity index (χ4v) is 1.80. The van der Waals surface area contributed by atoms with E-state index in [1.807, 2.05) is 18.2 Å². The van der Waals surface area contributed by atoms with Crippen LogP contribution in [0.25, 0.3) is 0 Å². The number of aromatic nitrogens is 2. The highest BCUT2D eigenvalue weighted by atomic mass is 16.5. The van der Waals surface area contributed by atoms with Gasteiger partial charge >= 0.3 is 0 Å². The Labute approximate surface area is 124 Å². The number of ether oxygens (including phenoxy) is 2. The van der Waals surface area contributed by atoms with Crippen LogP contribution in [0, 0.1) is 0 Å². The number of anilines is 3. The van der Waals surface area contributed by atoms with Crippen LogP contribution in [0.1, 0.15) is 13.3 Å². The lowest BCUT2D eigenvalue weighted by molar-refractivity contribution is 0.405. The van der Waals surface area contributed by atoms with Crippen molar-refractivity contribution in [3.8, 4) is 11.5 Å². The van der Waals surface area contributed by atoms with Crippen molar-refractivity contribution < 1.29 is 9.47 Å². The molecule has 0 amide bonds. The van der Waals surface area contributed by atoms with Crippen molar-refractivity contribution in [3.05, 3.63) is 30.5 Å². The molecule has 0 fully saturated rings. The van der Waals surface area contributed by atoms with Crippen LogP contribution in [0.3, 0.4) is 0 Å². The zero-order chi connectivity index (χ0) is 15.1. The third-order valence-corrected chi connectivity index (χ3v) is 2.86. The van der Waals surface area contributed by atoms with E-state index in [1.165, 1.54) is 0 Å². The van der Waals surface area contributed by atoms with E-state index in [2.05, 4.69) is 27.5 Å². The second-order valence-electron chi connectivity index (χ2n) is 4.38. The lowest BCUT2D eigenvalue weighted by Gasteiger charge is -2.12. The molecule has 0 aliphatic heterocycles. The van der Waals surface area contributed by atoms with Gasteiger partial charge in [0, 0.05) is 18.8 Å². The average Bonchev–Trinajstić information content (AvgIpc) is 2.53. The minimum atomic E-state index is 0.601. The fourth-order valence-electron chi connectivity index (χ4n) is 1.80. The summed E-state index contributed by atoms with van der Waals surface area (Å²) in [6.45, 7) is 2.93. The van der Waals surface area contributed by atoms with Crippen LogP contribution in [0.2, 0.25) is 0 Å². The first-order chi connectivity index (χ1) is 10.3. The minimum absolute atomic E-state index is 0.601. The number of hydrogen-bond donors (Lipinski definition) is 2. The maximum Gasteiger partial charge on any atom is 0.224 e. The molecule has 0 bridgehead atoms. The molecular weight excluding hydrogens is 268 g/mol. The molecule has 0 saturated carbocycles. The van der Waals surface area contributed by atoms with Gasteiger partial charge in [-0.15, -0.1) is 0 Å². The topological polar surface area (TPSA) is 68.3 Å². The Balaban J connectivity index is 2.20. The molecule has 1 heterocycles. The zero-order valence-corrected chi connectivity index (χ0v) is 12.5. The van der Waals surface area contributed by atoms with Crippen molar-refractivity contribution >= 4 is 17.5 Å². The average molecular weight is 288 g/mol. The normalized spacial score (nSPS) is 10.0. The van der Waals surface area contributed by atoms with E-state index in [4.69, 9.17) is 9.47 Å². The molecule has 0 spiro atoms. The molecule has 21 heavy (non-hydrogen) atoms. The van der Waals surface area contributed by atoms with Gasteiger partial charge < -0.3 is 20.1 Å². The zero-order valence-electron chi connectivity index (χ0n) is 12.5. The summed E-state index contributed by atoms with van der Waals surface area (Å²) in [6.07, 6.45) is 2.73. The van der Waals surface area contributed by atoms with Crippen LogP contribution >= 0.6 is 0 Å². The molecule has 0 unspecified atom stereocenters. The smallest absolute Gasteiger partial charge is 0.224 e. The second kappa shape index (κ2) is 7.33. The Morgan fingerprint density at radius 3 is 2.71 bits per heavy atom. The highest BCUT2D eigenvalue weighted by molar-refractivity contribution is 5.66. The van der Waals surface area contributed by atoms with Crippen LogP contribution in [-0.2, 0) is 0 Å². The molecule has 2 rings (SSSR count). The number of hydrogen-bond acceptors (Lipinski definition) is 6. The molecule has 6 heteroatoms. The lowest BCUT2D eigenvalue weighted by atomic mass is 10.2. The van der Waals surface area contributed by atoms with Gasteiger partial charge in [-0.2, -0.15) is 4.98 Å². The Morgan fingerprint density at radius 1 is 1.14 bits per heavy atom. The second-order valence-corrected chi connectivity index (χ2v) is 4.38. The van der Waals surface area contributed by atoms with Gasteiger partial charge in [0.15, 0.2) is 0 Å². The summed E-state index contributed by atoms with van der Waals surface area (Å²) in [5.41, 5.74) is 0.789. The van der Waals surface area contributed by atoms with Gasteiger partial charge in [-0.05, 0) is 24.6 Å². The van der Waals surface area contributed by atoms with Crippen LogP contribution < -0.4 is 20.1 Å². The highest BCUT2D eigenvalue weighted by Crippen LogP contribution is 2.31. The molecule has 1 aromatic heterocycles. The van der Waals surface area contributed by atoms with Gasteiger partial charge in [0.2, 0.25) is 5.95 Å². The Morgan fingerprint density at radius 2 is 2.00 bits per heavy atom. The maximum atomic E-state index is 5.34. The molecule has 6 nitrogen and oxygen atoms in total. The van der Waals surface area contributed by atoms with Crippen molar-refractivity contribution in [1.29, 1.82) is 0 Å². The molecular formula is C15H20N4O2. The summed E-state index contributed by atoms with van der Waals surface area (Å²) in [5, 5.41) is 6.37. The van der Waals surface area contributed by atoms with Crippen LogP contribution in [0.5, 0.6) is 11.5 Å². The quantitative estimate of drug-likeness (QED) is 0.816. The van der Waals surface area contributed by atoms with Crippen molar-refractivity contribution in [2.24, 2.45) is 0 Å². The van der Waals surface area contributed by atoms with Crippen molar-refractivity contribution in [3.63, 3.8) is 0 Å². The first-order valence-corrected chi connectivity index (χ1v) is 6.82. The summed E-state index contributed by atoms with van der Waals surface area (Å²) in [6, 6.07) is 7.35. The van der Waals surface area contributed by atoms with Gasteiger partial charge in [0.1, 0.15) is 17.3 Å². The van der Waals surface area contributed by atoms with E-state index >= 15 is 0 Å². The summed E-state index contributed by atoms with van der Waals surface area (Å²) in [5.74, 6) is 2.76. The van der Waals surface area contributed by atoms with Gasteiger partial charge in [0.25, 0.3) is 0 Å². The van der Waals surface area contributed by atoms with E-state index in [0.717, 1.165) is 30.2 Å². The van der Waals surface area contributed by atoms with Crippen molar-refractivity contribution in [2.45, 2.75) is 13.3 Å². The Bertz CT molecular complexity index is 590. The van der Waals surface area contributed by atoms with Crippen LogP contribution in [-0.4, -0.2) is 30.7 Å². The van der Waals surface area contributed by atoms with Crippen LogP contribution in [0.15, 0.2) is 30.5 Å². The Kier molecular flexibility index (Phi) is 5.20.